The molecular formula is C28H43N5O3. The molecule has 2 N–H and O–H groups in total. The van der Waals surface area contributed by atoms with E-state index in [1.54, 1.807) is 25.5 Å². The van der Waals surface area contributed by atoms with Crippen molar-refractivity contribution >= 4 is 11.8 Å². The number of phenols is 1. The summed E-state index contributed by atoms with van der Waals surface area (Å²) in [5.41, 5.74) is 1.33. The molecule has 2 heterocycles. The molecule has 0 spiro atoms. The lowest BCUT2D eigenvalue weighted by atomic mass is 9.63. The van der Waals surface area contributed by atoms with Gasteiger partial charge in [-0.15, -0.1) is 0 Å². The predicted octanol–water partition coefficient (Wildman–Crippen LogP) is 4.34. The standard InChI is InChI=1S/C23H32N4O2.C5H11NO/c28-21-9-6-19(7-10-21)8-11-22(29)26-14-12-23(13-15-26,16-27-18-24-17-25-27)20-4-2-1-3-5-20;1-3-4-5(7)6-2/h6-7,9-10,17-18,20,28H,1-5,8,11-16H2;3-4H2,1-2H3,(H,6,7). The van der Waals surface area contributed by atoms with E-state index < -0.39 is 0 Å². The summed E-state index contributed by atoms with van der Waals surface area (Å²) in [4.78, 5) is 29.3. The number of amides is 2. The fourth-order valence-electron chi connectivity index (χ4n) is 5.67. The maximum absolute atomic E-state index is 12.8. The smallest absolute Gasteiger partial charge is 0.222 e. The third kappa shape index (κ3) is 8.07. The summed E-state index contributed by atoms with van der Waals surface area (Å²) >= 11 is 0. The van der Waals surface area contributed by atoms with Crippen LogP contribution in [-0.4, -0.2) is 56.7 Å². The van der Waals surface area contributed by atoms with Gasteiger partial charge in [-0.2, -0.15) is 5.10 Å². The van der Waals surface area contributed by atoms with E-state index in [1.165, 1.54) is 32.1 Å². The number of piperidine rings is 1. The first-order valence-electron chi connectivity index (χ1n) is 13.5. The van der Waals surface area contributed by atoms with Crippen molar-refractivity contribution in [1.82, 2.24) is 25.0 Å². The van der Waals surface area contributed by atoms with Crippen molar-refractivity contribution in [3.63, 3.8) is 0 Å². The van der Waals surface area contributed by atoms with Gasteiger partial charge in [-0.05, 0) is 67.6 Å². The molecule has 1 aliphatic heterocycles. The molecule has 1 aromatic carbocycles. The first kappa shape index (κ1) is 27.7. The normalized spacial score (nSPS) is 17.7. The van der Waals surface area contributed by atoms with E-state index in [9.17, 15) is 14.7 Å². The molecule has 2 aliphatic rings. The van der Waals surface area contributed by atoms with E-state index in [-0.39, 0.29) is 23.0 Å². The van der Waals surface area contributed by atoms with Crippen LogP contribution in [0.15, 0.2) is 36.9 Å². The Balaban J connectivity index is 0.000000454. The molecule has 0 atom stereocenters. The molecule has 4 rings (SSSR count). The molecule has 8 heteroatoms. The zero-order valence-corrected chi connectivity index (χ0v) is 22.0. The zero-order valence-electron chi connectivity index (χ0n) is 22.0. The first-order valence-corrected chi connectivity index (χ1v) is 13.5. The van der Waals surface area contributed by atoms with Crippen molar-refractivity contribution in [1.29, 1.82) is 0 Å². The van der Waals surface area contributed by atoms with E-state index in [0.29, 0.717) is 12.8 Å². The average Bonchev–Trinajstić information content (AvgIpc) is 3.42. The molecule has 1 saturated carbocycles. The number of likely N-dealkylation sites (tertiary alicyclic amines) is 1. The van der Waals surface area contributed by atoms with Crippen LogP contribution < -0.4 is 5.32 Å². The molecule has 2 aromatic rings. The fourth-order valence-corrected chi connectivity index (χ4v) is 5.67. The second-order valence-corrected chi connectivity index (χ2v) is 10.3. The molecule has 0 bridgehead atoms. The molecule has 1 saturated heterocycles. The topological polar surface area (TPSA) is 100 Å². The zero-order chi connectivity index (χ0) is 25.8. The monoisotopic (exact) mass is 497 g/mol. The van der Waals surface area contributed by atoms with E-state index in [2.05, 4.69) is 20.3 Å². The number of nitrogens with one attached hydrogen (secondary N) is 1. The second-order valence-electron chi connectivity index (χ2n) is 10.3. The van der Waals surface area contributed by atoms with Crippen molar-refractivity contribution in [3.05, 3.63) is 42.5 Å². The Morgan fingerprint density at radius 2 is 1.78 bits per heavy atom. The van der Waals surface area contributed by atoms with Crippen LogP contribution in [0.1, 0.15) is 76.7 Å². The number of hydrogen-bond donors (Lipinski definition) is 2. The number of hydrogen-bond acceptors (Lipinski definition) is 5. The van der Waals surface area contributed by atoms with Gasteiger partial charge in [0.05, 0.1) is 0 Å². The lowest BCUT2D eigenvalue weighted by Crippen LogP contribution is -2.48. The van der Waals surface area contributed by atoms with E-state index in [0.717, 1.165) is 56.8 Å². The number of aromatic nitrogens is 3. The van der Waals surface area contributed by atoms with Crippen LogP contribution in [0.25, 0.3) is 0 Å². The van der Waals surface area contributed by atoms with Crippen LogP contribution >= 0.6 is 0 Å². The summed E-state index contributed by atoms with van der Waals surface area (Å²) < 4.78 is 2.00. The second kappa shape index (κ2) is 14.0. The average molecular weight is 498 g/mol. The van der Waals surface area contributed by atoms with Gasteiger partial charge in [0.2, 0.25) is 11.8 Å². The maximum Gasteiger partial charge on any atom is 0.222 e. The van der Waals surface area contributed by atoms with E-state index >= 15 is 0 Å². The van der Waals surface area contributed by atoms with Crippen LogP contribution in [0, 0.1) is 11.3 Å². The molecule has 1 aliphatic carbocycles. The Kier molecular flexibility index (Phi) is 10.8. The van der Waals surface area contributed by atoms with Crippen LogP contribution in [0.5, 0.6) is 5.75 Å². The Labute approximate surface area is 215 Å². The molecule has 2 amide bonds. The lowest BCUT2D eigenvalue weighted by molar-refractivity contribution is -0.134. The van der Waals surface area contributed by atoms with Crippen molar-refractivity contribution < 1.29 is 14.7 Å². The third-order valence-electron chi connectivity index (χ3n) is 7.85. The number of aryl methyl sites for hydroxylation is 1. The van der Waals surface area contributed by atoms with Crippen LogP contribution in [-0.2, 0) is 22.6 Å². The highest BCUT2D eigenvalue weighted by molar-refractivity contribution is 5.76. The summed E-state index contributed by atoms with van der Waals surface area (Å²) in [6.45, 7) is 4.60. The lowest BCUT2D eigenvalue weighted by Gasteiger charge is -2.48. The van der Waals surface area contributed by atoms with Gasteiger partial charge < -0.3 is 15.3 Å². The Morgan fingerprint density at radius 3 is 2.33 bits per heavy atom. The minimum absolute atomic E-state index is 0.127. The molecule has 36 heavy (non-hydrogen) atoms. The number of rotatable bonds is 8. The summed E-state index contributed by atoms with van der Waals surface area (Å²) in [5, 5.41) is 16.3. The Bertz CT molecular complexity index is 915. The molecule has 198 valence electrons. The van der Waals surface area contributed by atoms with E-state index in [1.807, 2.05) is 30.1 Å². The number of carbonyl (C=O) groups is 2. The van der Waals surface area contributed by atoms with Gasteiger partial charge in [0.25, 0.3) is 0 Å². The number of benzene rings is 1. The van der Waals surface area contributed by atoms with Crippen LogP contribution in [0.3, 0.4) is 0 Å². The van der Waals surface area contributed by atoms with Gasteiger partial charge in [-0.25, -0.2) is 4.98 Å². The SMILES string of the molecule is CCCC(=O)NC.O=C(CCc1ccc(O)cc1)N1CCC(Cn2cncn2)(C2CCCCC2)CC1. The van der Waals surface area contributed by atoms with Crippen LogP contribution in [0.2, 0.25) is 0 Å². The van der Waals surface area contributed by atoms with Gasteiger partial charge in [0.1, 0.15) is 18.4 Å². The highest BCUT2D eigenvalue weighted by atomic mass is 16.3. The van der Waals surface area contributed by atoms with Gasteiger partial charge in [0.15, 0.2) is 0 Å². The highest BCUT2D eigenvalue weighted by Crippen LogP contribution is 2.47. The number of nitrogens with zero attached hydrogens (tertiary/aromatic N) is 4. The number of phenolic OH excluding ortho intramolecular Hbond substituents is 1. The summed E-state index contributed by atoms with van der Waals surface area (Å²) in [5.74, 6) is 1.37. The quantitative estimate of drug-likeness (QED) is 0.565. The molecular weight excluding hydrogens is 454 g/mol. The minimum atomic E-state index is 0.127. The minimum Gasteiger partial charge on any atom is -0.508 e. The summed E-state index contributed by atoms with van der Waals surface area (Å²) in [6.07, 6.45) is 15.0. The Hall–Kier alpha value is -2.90. The van der Waals surface area contributed by atoms with Gasteiger partial charge in [-0.1, -0.05) is 38.3 Å². The first-order chi connectivity index (χ1) is 17.5. The summed E-state index contributed by atoms with van der Waals surface area (Å²) in [7, 11) is 1.65. The summed E-state index contributed by atoms with van der Waals surface area (Å²) in [6, 6.07) is 7.16. The van der Waals surface area contributed by atoms with Gasteiger partial charge >= 0.3 is 0 Å². The van der Waals surface area contributed by atoms with Gasteiger partial charge in [0, 0.05) is 39.5 Å². The molecule has 0 radical (unpaired) electrons. The number of carbonyl (C=O) groups excluding carboxylic acids is 2. The number of aromatic hydroxyl groups is 1. The highest BCUT2D eigenvalue weighted by Gasteiger charge is 2.42. The van der Waals surface area contributed by atoms with Gasteiger partial charge in [-0.3, -0.25) is 14.3 Å². The molecule has 0 unspecified atom stereocenters. The molecule has 1 aromatic heterocycles. The molecule has 2 fully saturated rings. The molecule has 8 nitrogen and oxygen atoms in total. The Morgan fingerprint density at radius 1 is 1.08 bits per heavy atom. The van der Waals surface area contributed by atoms with Crippen molar-refractivity contribution in [2.24, 2.45) is 11.3 Å². The predicted molar refractivity (Wildman–Crippen MR) is 140 cm³/mol. The largest absolute Gasteiger partial charge is 0.508 e. The van der Waals surface area contributed by atoms with Crippen molar-refractivity contribution in [3.8, 4) is 5.75 Å². The van der Waals surface area contributed by atoms with Crippen molar-refractivity contribution in [2.75, 3.05) is 20.1 Å². The fraction of sp³-hybridized carbons (Fsp3) is 0.643. The maximum atomic E-state index is 12.8. The van der Waals surface area contributed by atoms with E-state index in [4.69, 9.17) is 0 Å². The van der Waals surface area contributed by atoms with Crippen LogP contribution in [0.4, 0.5) is 0 Å². The third-order valence-corrected chi connectivity index (χ3v) is 7.85. The van der Waals surface area contributed by atoms with Crippen molar-refractivity contribution in [2.45, 2.75) is 84.1 Å².